The van der Waals surface area contributed by atoms with Crippen molar-refractivity contribution >= 4 is 23.6 Å². The van der Waals surface area contributed by atoms with Crippen LogP contribution >= 0.6 is 11.3 Å². The van der Waals surface area contributed by atoms with Crippen LogP contribution in [-0.2, 0) is 0 Å². The Kier molecular flexibility index (Phi) is 3.85. The third-order valence-corrected chi connectivity index (χ3v) is 4.44. The van der Waals surface area contributed by atoms with E-state index >= 15 is 0 Å². The van der Waals surface area contributed by atoms with Gasteiger partial charge in [-0.25, -0.2) is 4.79 Å². The number of carboxylic acid groups (broad SMARTS) is 1. The van der Waals surface area contributed by atoms with Crippen molar-refractivity contribution in [3.05, 3.63) is 71.1 Å². The molecule has 1 heterocycles. The number of benzene rings is 2. The predicted molar refractivity (Wildman–Crippen MR) is 87.5 cm³/mol. The summed E-state index contributed by atoms with van der Waals surface area (Å²) in [7, 11) is 0. The van der Waals surface area contributed by atoms with Crippen LogP contribution in [0.4, 0.5) is 0 Å². The van der Waals surface area contributed by atoms with Crippen molar-refractivity contribution in [1.82, 2.24) is 0 Å². The van der Waals surface area contributed by atoms with Gasteiger partial charge in [0.15, 0.2) is 6.29 Å². The summed E-state index contributed by atoms with van der Waals surface area (Å²) in [6.45, 7) is 0. The minimum absolute atomic E-state index is 0.278. The molecule has 0 saturated heterocycles. The first-order valence-electron chi connectivity index (χ1n) is 6.66. The van der Waals surface area contributed by atoms with E-state index in [2.05, 4.69) is 0 Å². The van der Waals surface area contributed by atoms with Gasteiger partial charge >= 0.3 is 5.97 Å². The second-order valence-electron chi connectivity index (χ2n) is 4.78. The molecule has 0 radical (unpaired) electrons. The summed E-state index contributed by atoms with van der Waals surface area (Å²) in [5.74, 6) is -0.925. The molecule has 0 aliphatic rings. The van der Waals surface area contributed by atoms with Crippen molar-refractivity contribution in [3.63, 3.8) is 0 Å². The molecule has 0 aliphatic carbocycles. The van der Waals surface area contributed by atoms with Crippen molar-refractivity contribution in [2.24, 2.45) is 0 Å². The van der Waals surface area contributed by atoms with E-state index in [1.807, 2.05) is 36.4 Å². The topological polar surface area (TPSA) is 54.4 Å². The van der Waals surface area contributed by atoms with Crippen LogP contribution in [0.3, 0.4) is 0 Å². The quantitative estimate of drug-likeness (QED) is 0.717. The SMILES string of the molecule is O=Cc1ccc(-c2ccc(-c3ccc(C(=O)O)cc3)cc2)s1. The summed E-state index contributed by atoms with van der Waals surface area (Å²) < 4.78 is 0. The van der Waals surface area contributed by atoms with E-state index < -0.39 is 5.97 Å². The van der Waals surface area contributed by atoms with Crippen molar-refractivity contribution in [1.29, 1.82) is 0 Å². The van der Waals surface area contributed by atoms with Gasteiger partial charge in [-0.05, 0) is 41.0 Å². The highest BCUT2D eigenvalue weighted by Crippen LogP contribution is 2.29. The molecule has 0 unspecified atom stereocenters. The summed E-state index contributed by atoms with van der Waals surface area (Å²) in [6.07, 6.45) is 0.854. The lowest BCUT2D eigenvalue weighted by atomic mass is 10.0. The molecule has 3 aromatic rings. The van der Waals surface area contributed by atoms with E-state index in [1.165, 1.54) is 11.3 Å². The molecule has 0 atom stereocenters. The van der Waals surface area contributed by atoms with Gasteiger partial charge < -0.3 is 5.11 Å². The molecule has 3 nitrogen and oxygen atoms in total. The van der Waals surface area contributed by atoms with E-state index in [0.29, 0.717) is 4.88 Å². The first-order valence-corrected chi connectivity index (χ1v) is 7.48. The summed E-state index contributed by atoms with van der Waals surface area (Å²) >= 11 is 1.46. The van der Waals surface area contributed by atoms with E-state index in [1.54, 1.807) is 24.3 Å². The Morgan fingerprint density at radius 2 is 1.36 bits per heavy atom. The molecule has 0 bridgehead atoms. The summed E-state index contributed by atoms with van der Waals surface area (Å²) in [5, 5.41) is 8.91. The van der Waals surface area contributed by atoms with Gasteiger partial charge in [-0.1, -0.05) is 36.4 Å². The monoisotopic (exact) mass is 308 g/mol. The molecular weight excluding hydrogens is 296 g/mol. The Labute approximate surface area is 131 Å². The number of rotatable bonds is 4. The smallest absolute Gasteiger partial charge is 0.335 e. The Hall–Kier alpha value is -2.72. The molecule has 22 heavy (non-hydrogen) atoms. The number of aromatic carboxylic acids is 1. The Bertz CT molecular complexity index is 814. The maximum Gasteiger partial charge on any atom is 0.335 e. The summed E-state index contributed by atoms with van der Waals surface area (Å²) in [5.41, 5.74) is 3.33. The number of hydrogen-bond acceptors (Lipinski definition) is 3. The van der Waals surface area contributed by atoms with Crippen molar-refractivity contribution in [2.75, 3.05) is 0 Å². The van der Waals surface area contributed by atoms with Crippen LogP contribution in [-0.4, -0.2) is 17.4 Å². The normalized spacial score (nSPS) is 10.4. The number of carboxylic acids is 1. The van der Waals surface area contributed by atoms with E-state index in [4.69, 9.17) is 5.11 Å². The van der Waals surface area contributed by atoms with Crippen molar-refractivity contribution < 1.29 is 14.7 Å². The lowest BCUT2D eigenvalue weighted by Gasteiger charge is -2.04. The lowest BCUT2D eigenvalue weighted by Crippen LogP contribution is -1.94. The second-order valence-corrected chi connectivity index (χ2v) is 5.90. The molecule has 0 aliphatic heterocycles. The fourth-order valence-electron chi connectivity index (χ4n) is 2.20. The molecule has 4 heteroatoms. The van der Waals surface area contributed by atoms with Crippen LogP contribution in [0, 0.1) is 0 Å². The zero-order chi connectivity index (χ0) is 15.5. The number of thiophene rings is 1. The van der Waals surface area contributed by atoms with E-state index in [-0.39, 0.29) is 5.56 Å². The fourth-order valence-corrected chi connectivity index (χ4v) is 3.03. The third kappa shape index (κ3) is 2.82. The number of carbonyl (C=O) groups is 2. The summed E-state index contributed by atoms with van der Waals surface area (Å²) in [6, 6.07) is 18.5. The first-order chi connectivity index (χ1) is 10.7. The molecule has 2 aromatic carbocycles. The molecule has 0 amide bonds. The lowest BCUT2D eigenvalue weighted by molar-refractivity contribution is 0.0696. The van der Waals surface area contributed by atoms with Crippen LogP contribution in [0.5, 0.6) is 0 Å². The van der Waals surface area contributed by atoms with E-state index in [0.717, 1.165) is 27.9 Å². The minimum Gasteiger partial charge on any atom is -0.478 e. The van der Waals surface area contributed by atoms with Crippen LogP contribution in [0.25, 0.3) is 21.6 Å². The molecule has 1 N–H and O–H groups in total. The zero-order valence-electron chi connectivity index (χ0n) is 11.5. The zero-order valence-corrected chi connectivity index (χ0v) is 12.3. The Morgan fingerprint density at radius 3 is 1.86 bits per heavy atom. The van der Waals surface area contributed by atoms with Gasteiger partial charge in [0, 0.05) is 4.88 Å². The maximum atomic E-state index is 10.9. The third-order valence-electron chi connectivity index (χ3n) is 3.38. The molecular formula is C18H12O3S. The Balaban J connectivity index is 1.87. The molecule has 0 spiro atoms. The average molecular weight is 308 g/mol. The van der Waals surface area contributed by atoms with E-state index in [9.17, 15) is 9.59 Å². The highest BCUT2D eigenvalue weighted by atomic mass is 32.1. The molecule has 108 valence electrons. The molecule has 0 fully saturated rings. The highest BCUT2D eigenvalue weighted by Gasteiger charge is 2.05. The Morgan fingerprint density at radius 1 is 0.818 bits per heavy atom. The maximum absolute atomic E-state index is 10.9. The van der Waals surface area contributed by atoms with Crippen LogP contribution in [0.15, 0.2) is 60.7 Å². The van der Waals surface area contributed by atoms with Crippen LogP contribution < -0.4 is 0 Å². The predicted octanol–water partition coefficient (Wildman–Crippen LogP) is 4.59. The van der Waals surface area contributed by atoms with Gasteiger partial charge in [0.1, 0.15) is 0 Å². The summed E-state index contributed by atoms with van der Waals surface area (Å²) in [4.78, 5) is 23.3. The number of aldehydes is 1. The second kappa shape index (κ2) is 5.95. The van der Waals surface area contributed by atoms with Gasteiger partial charge in [-0.15, -0.1) is 11.3 Å². The molecule has 0 saturated carbocycles. The first kappa shape index (κ1) is 14.2. The molecule has 1 aromatic heterocycles. The minimum atomic E-state index is -0.925. The van der Waals surface area contributed by atoms with Crippen LogP contribution in [0.1, 0.15) is 20.0 Å². The largest absolute Gasteiger partial charge is 0.478 e. The average Bonchev–Trinajstić information content (AvgIpc) is 3.04. The fraction of sp³-hybridized carbons (Fsp3) is 0. The van der Waals surface area contributed by atoms with Crippen molar-refractivity contribution in [2.45, 2.75) is 0 Å². The standard InChI is InChI=1S/C18H12O3S/c19-11-16-9-10-17(22-16)14-5-1-12(2-6-14)13-3-7-15(8-4-13)18(20)21/h1-11H,(H,20,21). The molecule has 3 rings (SSSR count). The number of hydrogen-bond donors (Lipinski definition) is 1. The van der Waals surface area contributed by atoms with Gasteiger partial charge in [-0.3, -0.25) is 4.79 Å². The van der Waals surface area contributed by atoms with Crippen molar-refractivity contribution in [3.8, 4) is 21.6 Å². The van der Waals surface area contributed by atoms with Gasteiger partial charge in [-0.2, -0.15) is 0 Å². The highest BCUT2D eigenvalue weighted by molar-refractivity contribution is 7.17. The van der Waals surface area contributed by atoms with Gasteiger partial charge in [0.05, 0.1) is 10.4 Å². The van der Waals surface area contributed by atoms with Gasteiger partial charge in [0.2, 0.25) is 0 Å². The number of carbonyl (C=O) groups excluding carboxylic acids is 1. The van der Waals surface area contributed by atoms with Gasteiger partial charge in [0.25, 0.3) is 0 Å². The van der Waals surface area contributed by atoms with Crippen LogP contribution in [0.2, 0.25) is 0 Å².